The quantitative estimate of drug-likeness (QED) is 0.200. The highest BCUT2D eigenvalue weighted by molar-refractivity contribution is 6.09. The van der Waals surface area contributed by atoms with Gasteiger partial charge in [0.1, 0.15) is 0 Å². The van der Waals surface area contributed by atoms with Gasteiger partial charge in [0, 0.05) is 18.0 Å². The summed E-state index contributed by atoms with van der Waals surface area (Å²) in [6.45, 7) is 11.0. The average molecular weight is 497 g/mol. The van der Waals surface area contributed by atoms with E-state index in [4.69, 9.17) is 9.94 Å². The zero-order chi connectivity index (χ0) is 26.5. The van der Waals surface area contributed by atoms with Crippen LogP contribution in [0, 0.1) is 16.7 Å². The number of nitrogens with zero attached hydrogens (tertiary/aromatic N) is 1. The first kappa shape index (κ1) is 27.7. The second-order valence-corrected chi connectivity index (χ2v) is 11.3. The summed E-state index contributed by atoms with van der Waals surface area (Å²) in [5.74, 6) is -1.27. The van der Waals surface area contributed by atoms with E-state index in [1.54, 1.807) is 12.1 Å². The maximum atomic E-state index is 13.0. The SMILES string of the molecule is CCCCCC(O)ON=C1C(CC(=O)Nc2ccc(C(=O)O)cc2)=CC=C2C1C(C)(C)CCC2(C)C. The van der Waals surface area contributed by atoms with Gasteiger partial charge in [-0.3, -0.25) is 4.79 Å². The second kappa shape index (κ2) is 11.4. The van der Waals surface area contributed by atoms with E-state index in [9.17, 15) is 14.7 Å². The Balaban J connectivity index is 1.85. The Morgan fingerprint density at radius 3 is 2.44 bits per heavy atom. The van der Waals surface area contributed by atoms with Crippen LogP contribution in [0.5, 0.6) is 0 Å². The van der Waals surface area contributed by atoms with Crippen molar-refractivity contribution in [3.05, 3.63) is 53.1 Å². The minimum absolute atomic E-state index is 0.00310. The van der Waals surface area contributed by atoms with E-state index in [1.165, 1.54) is 17.7 Å². The van der Waals surface area contributed by atoms with E-state index >= 15 is 0 Å². The Morgan fingerprint density at radius 2 is 1.81 bits per heavy atom. The third kappa shape index (κ3) is 6.64. The Labute approximate surface area is 214 Å². The number of nitrogens with one attached hydrogen (secondary N) is 1. The van der Waals surface area contributed by atoms with Crippen LogP contribution in [0.4, 0.5) is 5.69 Å². The molecule has 1 aromatic carbocycles. The molecule has 3 rings (SSSR count). The number of hydrogen-bond acceptors (Lipinski definition) is 5. The first-order chi connectivity index (χ1) is 16.9. The number of aliphatic hydroxyl groups is 1. The van der Waals surface area contributed by atoms with Gasteiger partial charge in [-0.25, -0.2) is 4.79 Å². The summed E-state index contributed by atoms with van der Waals surface area (Å²) >= 11 is 0. The van der Waals surface area contributed by atoms with Gasteiger partial charge in [-0.2, -0.15) is 0 Å². The van der Waals surface area contributed by atoms with Crippen molar-refractivity contribution in [1.29, 1.82) is 0 Å². The maximum Gasteiger partial charge on any atom is 0.335 e. The molecule has 1 amide bonds. The van der Waals surface area contributed by atoms with E-state index < -0.39 is 12.3 Å². The van der Waals surface area contributed by atoms with Crippen molar-refractivity contribution in [2.24, 2.45) is 21.9 Å². The molecule has 0 bridgehead atoms. The third-order valence-corrected chi connectivity index (χ3v) is 7.43. The zero-order valence-corrected chi connectivity index (χ0v) is 22.1. The van der Waals surface area contributed by atoms with E-state index in [0.717, 1.165) is 37.7 Å². The molecule has 0 heterocycles. The van der Waals surface area contributed by atoms with Crippen LogP contribution in [0.25, 0.3) is 0 Å². The molecular weight excluding hydrogens is 456 g/mol. The molecule has 0 saturated heterocycles. The molecule has 3 N–H and O–H groups in total. The van der Waals surface area contributed by atoms with Crippen LogP contribution >= 0.6 is 0 Å². The Morgan fingerprint density at radius 1 is 1.11 bits per heavy atom. The number of hydrogen-bond donors (Lipinski definition) is 3. The van der Waals surface area contributed by atoms with Crippen molar-refractivity contribution in [1.82, 2.24) is 0 Å². The van der Waals surface area contributed by atoms with Crippen molar-refractivity contribution in [2.45, 2.75) is 85.9 Å². The van der Waals surface area contributed by atoms with Gasteiger partial charge in [0.05, 0.1) is 17.7 Å². The molecule has 1 saturated carbocycles. The Hall–Kier alpha value is -2.93. The summed E-state index contributed by atoms with van der Waals surface area (Å²) in [6, 6.07) is 6.07. The van der Waals surface area contributed by atoms with Gasteiger partial charge in [-0.1, -0.05) is 70.3 Å². The number of aromatic carboxylic acids is 1. The molecule has 0 spiro atoms. The standard InChI is InChI=1S/C29H40N2O5/c1-6-7-8-9-24(33)36-31-26-20(12-15-22-25(26)29(4,5)17-16-28(22,2)3)18-23(32)30-21-13-10-19(11-14-21)27(34)35/h10-15,24-25,33H,6-9,16-18H2,1-5H3,(H,30,32)(H,34,35). The number of aliphatic hydroxyl groups excluding tert-OH is 1. The first-order valence-electron chi connectivity index (χ1n) is 12.9. The summed E-state index contributed by atoms with van der Waals surface area (Å²) in [6.07, 6.45) is 8.71. The number of carbonyl (C=O) groups excluding carboxylic acids is 1. The third-order valence-electron chi connectivity index (χ3n) is 7.43. The predicted octanol–water partition coefficient (Wildman–Crippen LogP) is 6.31. The monoisotopic (exact) mass is 496 g/mol. The molecule has 1 aromatic rings. The number of carbonyl (C=O) groups is 2. The molecule has 1 fully saturated rings. The highest BCUT2D eigenvalue weighted by atomic mass is 16.7. The van der Waals surface area contributed by atoms with Crippen molar-refractivity contribution in [3.63, 3.8) is 0 Å². The predicted molar refractivity (Wildman–Crippen MR) is 142 cm³/mol. The molecule has 0 aliphatic heterocycles. The van der Waals surface area contributed by atoms with Gasteiger partial charge < -0.3 is 20.4 Å². The number of oxime groups is 1. The molecule has 7 nitrogen and oxygen atoms in total. The summed E-state index contributed by atoms with van der Waals surface area (Å²) in [5.41, 5.74) is 3.34. The maximum absolute atomic E-state index is 13.0. The number of amides is 1. The lowest BCUT2D eigenvalue weighted by Gasteiger charge is -2.50. The van der Waals surface area contributed by atoms with Crippen LogP contribution in [-0.2, 0) is 9.63 Å². The van der Waals surface area contributed by atoms with Crippen molar-refractivity contribution in [2.75, 3.05) is 5.32 Å². The van der Waals surface area contributed by atoms with Gasteiger partial charge in [0.15, 0.2) is 0 Å². The number of allylic oxidation sites excluding steroid dienone is 3. The fourth-order valence-corrected chi connectivity index (χ4v) is 5.11. The lowest BCUT2D eigenvalue weighted by molar-refractivity contribution is -0.115. The lowest BCUT2D eigenvalue weighted by atomic mass is 9.54. The number of anilines is 1. The smallest absolute Gasteiger partial charge is 0.335 e. The molecule has 0 aromatic heterocycles. The van der Waals surface area contributed by atoms with E-state index in [0.29, 0.717) is 17.8 Å². The normalized spacial score (nSPS) is 22.2. The molecule has 2 aliphatic rings. The Bertz CT molecular complexity index is 1050. The van der Waals surface area contributed by atoms with E-state index in [-0.39, 0.29) is 34.6 Å². The molecular formula is C29H40N2O5. The van der Waals surface area contributed by atoms with Gasteiger partial charge in [0.25, 0.3) is 0 Å². The molecule has 2 atom stereocenters. The summed E-state index contributed by atoms with van der Waals surface area (Å²) in [5, 5.41) is 26.8. The van der Waals surface area contributed by atoms with Crippen LogP contribution < -0.4 is 5.32 Å². The fraction of sp³-hybridized carbons (Fsp3) is 0.552. The van der Waals surface area contributed by atoms with E-state index in [1.807, 2.05) is 6.08 Å². The van der Waals surface area contributed by atoms with Crippen LogP contribution in [0.3, 0.4) is 0 Å². The average Bonchev–Trinajstić information content (AvgIpc) is 2.81. The number of fused-ring (bicyclic) bond motifs is 1. The minimum Gasteiger partial charge on any atom is -0.478 e. The van der Waals surface area contributed by atoms with Crippen LogP contribution in [0.2, 0.25) is 0 Å². The molecule has 2 aliphatic carbocycles. The van der Waals surface area contributed by atoms with Gasteiger partial charge in [0.2, 0.25) is 12.2 Å². The zero-order valence-electron chi connectivity index (χ0n) is 22.1. The summed E-state index contributed by atoms with van der Waals surface area (Å²) in [7, 11) is 0. The highest BCUT2D eigenvalue weighted by Crippen LogP contribution is 2.54. The fourth-order valence-electron chi connectivity index (χ4n) is 5.11. The number of unbranched alkanes of at least 4 members (excludes halogenated alkanes) is 2. The van der Waals surface area contributed by atoms with Crippen molar-refractivity contribution < 1.29 is 24.6 Å². The van der Waals surface area contributed by atoms with Crippen molar-refractivity contribution in [3.8, 4) is 0 Å². The first-order valence-corrected chi connectivity index (χ1v) is 12.9. The molecule has 0 radical (unpaired) electrons. The van der Waals surface area contributed by atoms with Crippen LogP contribution in [0.1, 0.15) is 89.9 Å². The van der Waals surface area contributed by atoms with Gasteiger partial charge in [-0.05, 0) is 59.9 Å². The van der Waals surface area contributed by atoms with Crippen LogP contribution in [0.15, 0.2) is 52.7 Å². The molecule has 7 heteroatoms. The minimum atomic E-state index is -1.02. The Kier molecular flexibility index (Phi) is 8.77. The largest absolute Gasteiger partial charge is 0.478 e. The number of benzene rings is 1. The topological polar surface area (TPSA) is 108 Å². The summed E-state index contributed by atoms with van der Waals surface area (Å²) in [4.78, 5) is 29.7. The second-order valence-electron chi connectivity index (χ2n) is 11.3. The number of carboxylic acid groups (broad SMARTS) is 1. The lowest BCUT2D eigenvalue weighted by Crippen LogP contribution is -2.44. The number of carboxylic acids is 1. The molecule has 196 valence electrons. The number of rotatable bonds is 10. The van der Waals surface area contributed by atoms with Gasteiger partial charge >= 0.3 is 5.97 Å². The van der Waals surface area contributed by atoms with E-state index in [2.05, 4.69) is 51.2 Å². The summed E-state index contributed by atoms with van der Waals surface area (Å²) < 4.78 is 0. The molecule has 36 heavy (non-hydrogen) atoms. The highest BCUT2D eigenvalue weighted by Gasteiger charge is 2.48. The van der Waals surface area contributed by atoms with Gasteiger partial charge in [-0.15, -0.1) is 0 Å². The molecule has 2 unspecified atom stereocenters. The van der Waals surface area contributed by atoms with Crippen molar-refractivity contribution >= 4 is 23.3 Å². The van der Waals surface area contributed by atoms with Crippen LogP contribution in [-0.4, -0.2) is 34.1 Å².